The van der Waals surface area contributed by atoms with E-state index >= 15 is 0 Å². The number of rotatable bonds is 5. The zero-order chi connectivity index (χ0) is 21.4. The van der Waals surface area contributed by atoms with E-state index < -0.39 is 6.80 Å². The predicted octanol–water partition coefficient (Wildman–Crippen LogP) is 3.38. The summed E-state index contributed by atoms with van der Waals surface area (Å²) >= 11 is 5.94. The molecule has 9 nitrogen and oxygen atoms in total. The monoisotopic (exact) mass is 435 g/mol. The molecule has 0 saturated carbocycles. The molecule has 0 atom stereocenters. The largest absolute Gasteiger partial charge is 0.382 e. The van der Waals surface area contributed by atoms with Crippen molar-refractivity contribution in [1.29, 1.82) is 0 Å². The second-order valence-corrected chi connectivity index (χ2v) is 6.93. The van der Waals surface area contributed by atoms with Crippen molar-refractivity contribution in [3.63, 3.8) is 0 Å². The van der Waals surface area contributed by atoms with Crippen LogP contribution in [-0.4, -0.2) is 39.5 Å². The first-order chi connectivity index (χ1) is 15.2. The summed E-state index contributed by atoms with van der Waals surface area (Å²) in [6, 6.07) is 11.3. The lowest BCUT2D eigenvalue weighted by Gasteiger charge is -2.10. The molecule has 5 rings (SSSR count). The number of nitrogens with zero attached hydrogens (tertiary/aromatic N) is 8. The summed E-state index contributed by atoms with van der Waals surface area (Å²) in [4.78, 5) is 17.9. The van der Waals surface area contributed by atoms with Gasteiger partial charge in [-0.25, -0.2) is 29.0 Å². The Morgan fingerprint density at radius 1 is 0.968 bits per heavy atom. The minimum Gasteiger partial charge on any atom is -0.382 e. The van der Waals surface area contributed by atoms with Gasteiger partial charge in [0.15, 0.2) is 24.1 Å². The molecule has 0 fully saturated rings. The first kappa shape index (κ1) is 19.1. The lowest BCUT2D eigenvalue weighted by molar-refractivity contribution is 0.343. The van der Waals surface area contributed by atoms with Crippen molar-refractivity contribution in [2.75, 3.05) is 5.73 Å². The zero-order valence-corrected chi connectivity index (χ0v) is 16.8. The van der Waals surface area contributed by atoms with Gasteiger partial charge >= 0.3 is 0 Å². The van der Waals surface area contributed by atoms with Gasteiger partial charge in [0.25, 0.3) is 0 Å². The van der Waals surface area contributed by atoms with Crippen molar-refractivity contribution in [2.45, 2.75) is 12.7 Å². The lowest BCUT2D eigenvalue weighted by atomic mass is 10.2. The van der Waals surface area contributed by atoms with Crippen LogP contribution in [0.15, 0.2) is 55.0 Å². The Morgan fingerprint density at radius 2 is 1.77 bits per heavy atom. The zero-order valence-electron chi connectivity index (χ0n) is 16.0. The molecule has 4 heterocycles. The molecule has 0 aliphatic heterocycles. The molecule has 0 saturated heterocycles. The summed E-state index contributed by atoms with van der Waals surface area (Å²) in [6.07, 6.45) is 4.57. The third-order valence-corrected chi connectivity index (χ3v) is 5.02. The van der Waals surface area contributed by atoms with E-state index in [1.165, 1.54) is 12.4 Å². The number of fused-ring (bicyclic) bond motifs is 1. The SMILES string of the molecule is Nc1nccnc1-c1nc2ccc(-c3cn(CF)nn3)nc2n1-c1ccc(CCl)cc1. The van der Waals surface area contributed by atoms with Gasteiger partial charge in [0.05, 0.1) is 11.9 Å². The molecule has 11 heteroatoms. The average Bonchev–Trinajstić information content (AvgIpc) is 3.44. The number of nitrogen functional groups attached to an aromatic ring is 1. The number of anilines is 1. The van der Waals surface area contributed by atoms with Gasteiger partial charge in [-0.2, -0.15) is 0 Å². The Kier molecular flexibility index (Phi) is 4.75. The Labute approximate surface area is 180 Å². The quantitative estimate of drug-likeness (QED) is 0.421. The van der Waals surface area contributed by atoms with Crippen LogP contribution >= 0.6 is 11.6 Å². The Bertz CT molecular complexity index is 1380. The van der Waals surface area contributed by atoms with E-state index in [1.54, 1.807) is 12.3 Å². The number of imidazole rings is 1. The summed E-state index contributed by atoms with van der Waals surface area (Å²) < 4.78 is 15.8. The number of pyridine rings is 1. The third kappa shape index (κ3) is 3.36. The Hall–Kier alpha value is -3.92. The highest BCUT2D eigenvalue weighted by Gasteiger charge is 2.20. The lowest BCUT2D eigenvalue weighted by Crippen LogP contribution is -2.04. The first-order valence-electron chi connectivity index (χ1n) is 9.26. The maximum Gasteiger partial charge on any atom is 0.183 e. The maximum absolute atomic E-state index is 12.9. The minimum atomic E-state index is -0.768. The summed E-state index contributed by atoms with van der Waals surface area (Å²) in [5, 5.41) is 7.73. The average molecular weight is 436 g/mol. The van der Waals surface area contributed by atoms with Gasteiger partial charge in [-0.1, -0.05) is 17.3 Å². The number of aromatic nitrogens is 8. The summed E-state index contributed by atoms with van der Waals surface area (Å²) in [7, 11) is 0. The molecule has 5 aromatic rings. The molecule has 31 heavy (non-hydrogen) atoms. The van der Waals surface area contributed by atoms with Crippen molar-refractivity contribution >= 4 is 28.6 Å². The van der Waals surface area contributed by atoms with Crippen LogP contribution in [0.1, 0.15) is 5.56 Å². The summed E-state index contributed by atoms with van der Waals surface area (Å²) in [6.45, 7) is -0.768. The molecule has 0 radical (unpaired) electrons. The third-order valence-electron chi connectivity index (χ3n) is 4.72. The first-order valence-corrected chi connectivity index (χ1v) is 9.79. The molecule has 1 aromatic carbocycles. The maximum atomic E-state index is 12.9. The van der Waals surface area contributed by atoms with Crippen LogP contribution in [0.2, 0.25) is 0 Å². The van der Waals surface area contributed by atoms with E-state index in [9.17, 15) is 4.39 Å². The normalized spacial score (nSPS) is 11.3. The number of nitrogens with two attached hydrogens (primary N) is 1. The second-order valence-electron chi connectivity index (χ2n) is 6.66. The molecule has 0 aliphatic carbocycles. The highest BCUT2D eigenvalue weighted by atomic mass is 35.5. The standard InChI is InChI=1S/C20H15ClFN9/c21-9-12-1-3-13(4-2-12)31-19-15(27-20(31)17-18(23)25-8-7-24-17)6-5-14(26-19)16-10-30(11-22)29-28-16/h1-8,10H,9,11H2,(H2,23,25). The van der Waals surface area contributed by atoms with Crippen molar-refractivity contribution in [3.05, 3.63) is 60.6 Å². The highest BCUT2D eigenvalue weighted by molar-refractivity contribution is 6.17. The van der Waals surface area contributed by atoms with Crippen molar-refractivity contribution < 1.29 is 4.39 Å². The molecular weight excluding hydrogens is 421 g/mol. The number of hydrogen-bond acceptors (Lipinski definition) is 7. The Balaban J connectivity index is 1.76. The molecule has 0 aliphatic rings. The fraction of sp³-hybridized carbons (Fsp3) is 0.100. The number of halogens is 2. The van der Waals surface area contributed by atoms with Gasteiger partial charge in [-0.3, -0.25) is 4.57 Å². The van der Waals surface area contributed by atoms with Crippen molar-refractivity contribution in [2.24, 2.45) is 0 Å². The molecule has 2 N–H and O–H groups in total. The van der Waals surface area contributed by atoms with E-state index in [2.05, 4.69) is 20.3 Å². The van der Waals surface area contributed by atoms with Crippen molar-refractivity contribution in [1.82, 2.24) is 39.5 Å². The minimum absolute atomic E-state index is 0.252. The van der Waals surface area contributed by atoms with E-state index in [0.29, 0.717) is 40.0 Å². The summed E-state index contributed by atoms with van der Waals surface area (Å²) in [5.74, 6) is 1.15. The molecule has 4 aromatic heterocycles. The smallest absolute Gasteiger partial charge is 0.183 e. The van der Waals surface area contributed by atoms with Crippen LogP contribution in [0, 0.1) is 0 Å². The number of benzene rings is 1. The van der Waals surface area contributed by atoms with E-state index in [-0.39, 0.29) is 5.82 Å². The van der Waals surface area contributed by atoms with E-state index in [0.717, 1.165) is 15.9 Å². The van der Waals surface area contributed by atoms with Gasteiger partial charge in [0.2, 0.25) is 0 Å². The predicted molar refractivity (Wildman–Crippen MR) is 114 cm³/mol. The van der Waals surface area contributed by atoms with Crippen LogP contribution in [0.5, 0.6) is 0 Å². The molecule has 154 valence electrons. The van der Waals surface area contributed by atoms with Gasteiger partial charge in [-0.05, 0) is 29.8 Å². The summed E-state index contributed by atoms with van der Waals surface area (Å²) in [5.41, 5.74) is 10.5. The number of hydrogen-bond donors (Lipinski definition) is 1. The van der Waals surface area contributed by atoms with Gasteiger partial charge < -0.3 is 5.73 Å². The van der Waals surface area contributed by atoms with Crippen LogP contribution in [0.25, 0.3) is 39.8 Å². The van der Waals surface area contributed by atoms with Gasteiger partial charge in [-0.15, -0.1) is 16.7 Å². The van der Waals surface area contributed by atoms with Gasteiger partial charge in [0, 0.05) is 24.0 Å². The molecular formula is C20H15ClFN9. The second kappa shape index (κ2) is 7.73. The fourth-order valence-corrected chi connectivity index (χ4v) is 3.41. The van der Waals surface area contributed by atoms with Gasteiger partial charge in [0.1, 0.15) is 16.9 Å². The highest BCUT2D eigenvalue weighted by Crippen LogP contribution is 2.30. The van der Waals surface area contributed by atoms with E-state index in [1.807, 2.05) is 34.9 Å². The molecule has 0 amide bonds. The van der Waals surface area contributed by atoms with Crippen LogP contribution in [-0.2, 0) is 12.7 Å². The molecule has 0 unspecified atom stereocenters. The Morgan fingerprint density at radius 3 is 2.48 bits per heavy atom. The topological polar surface area (TPSA) is 113 Å². The fourth-order valence-electron chi connectivity index (χ4n) is 3.23. The van der Waals surface area contributed by atoms with Crippen molar-refractivity contribution in [3.8, 4) is 28.6 Å². The molecule has 0 spiro atoms. The van der Waals surface area contributed by atoms with Crippen LogP contribution < -0.4 is 5.73 Å². The van der Waals surface area contributed by atoms with E-state index in [4.69, 9.17) is 27.3 Å². The van der Waals surface area contributed by atoms with Crippen LogP contribution in [0.4, 0.5) is 10.2 Å². The number of alkyl halides is 2. The van der Waals surface area contributed by atoms with Crippen LogP contribution in [0.3, 0.4) is 0 Å². The molecule has 0 bridgehead atoms.